The first kappa shape index (κ1) is 21.2. The molecular weight excluding hydrogens is 382 g/mol. The van der Waals surface area contributed by atoms with E-state index in [1.165, 1.54) is 0 Å². The van der Waals surface area contributed by atoms with E-state index in [4.69, 9.17) is 0 Å². The average Bonchev–Trinajstić information content (AvgIpc) is 2.96. The Morgan fingerprint density at radius 3 is 2.33 bits per heavy atom. The molecule has 1 atom stereocenters. The Bertz CT molecular complexity index is 956. The number of nitrogens with one attached hydrogen (secondary N) is 2. The molecule has 0 bridgehead atoms. The fourth-order valence-corrected chi connectivity index (χ4v) is 3.32. The molecule has 0 saturated carbocycles. The second kappa shape index (κ2) is 8.90. The molecule has 2 N–H and O–H groups in total. The number of amides is 4. The fourth-order valence-electron chi connectivity index (χ4n) is 3.32. The number of rotatable bonds is 8. The summed E-state index contributed by atoms with van der Waals surface area (Å²) in [4.78, 5) is 50.3. The lowest BCUT2D eigenvalue weighted by atomic mass is 9.93. The maximum Gasteiger partial charge on any atom is 0.325 e. The topological polar surface area (TPSA) is 95.6 Å². The van der Waals surface area contributed by atoms with E-state index in [2.05, 4.69) is 10.6 Å². The molecule has 0 aliphatic carbocycles. The third-order valence-corrected chi connectivity index (χ3v) is 5.22. The average molecular weight is 407 g/mol. The highest BCUT2D eigenvalue weighted by molar-refractivity contribution is 6.11. The van der Waals surface area contributed by atoms with E-state index in [1.807, 2.05) is 30.3 Å². The Balaban J connectivity index is 1.63. The third-order valence-electron chi connectivity index (χ3n) is 5.22. The zero-order chi connectivity index (χ0) is 21.7. The normalized spacial score (nSPS) is 18.3. The first-order chi connectivity index (χ1) is 14.3. The highest BCUT2D eigenvalue weighted by Crippen LogP contribution is 2.24. The van der Waals surface area contributed by atoms with Crippen LogP contribution in [0.15, 0.2) is 54.6 Å². The van der Waals surface area contributed by atoms with Gasteiger partial charge in [0, 0.05) is 17.7 Å². The molecule has 1 saturated heterocycles. The van der Waals surface area contributed by atoms with E-state index in [0.29, 0.717) is 30.5 Å². The third kappa shape index (κ3) is 4.74. The van der Waals surface area contributed by atoms with Crippen molar-refractivity contribution in [2.45, 2.75) is 38.6 Å². The smallest absolute Gasteiger partial charge is 0.325 e. The number of benzene rings is 2. The number of carbonyl (C=O) groups is 4. The van der Waals surface area contributed by atoms with Crippen molar-refractivity contribution in [3.8, 4) is 0 Å². The quantitative estimate of drug-likeness (QED) is 0.519. The van der Waals surface area contributed by atoms with Gasteiger partial charge in [0.05, 0.1) is 6.54 Å². The van der Waals surface area contributed by atoms with Crippen LogP contribution in [-0.2, 0) is 16.0 Å². The van der Waals surface area contributed by atoms with Crippen LogP contribution in [0.2, 0.25) is 0 Å². The van der Waals surface area contributed by atoms with Gasteiger partial charge in [-0.05, 0) is 49.6 Å². The zero-order valence-corrected chi connectivity index (χ0v) is 17.1. The maximum absolute atomic E-state index is 12.9. The number of carbonyl (C=O) groups excluding carboxylic acids is 4. The van der Waals surface area contributed by atoms with Crippen LogP contribution in [0.5, 0.6) is 0 Å². The molecule has 1 fully saturated rings. The van der Waals surface area contributed by atoms with E-state index < -0.39 is 17.5 Å². The van der Waals surface area contributed by atoms with Gasteiger partial charge in [-0.2, -0.15) is 0 Å². The summed E-state index contributed by atoms with van der Waals surface area (Å²) < 4.78 is 0. The number of hydrogen-bond donors (Lipinski definition) is 2. The van der Waals surface area contributed by atoms with Crippen LogP contribution in [0, 0.1) is 0 Å². The Morgan fingerprint density at radius 2 is 1.70 bits per heavy atom. The zero-order valence-electron chi connectivity index (χ0n) is 17.1. The molecule has 4 amide bonds. The van der Waals surface area contributed by atoms with Gasteiger partial charge in [0.1, 0.15) is 5.54 Å². The van der Waals surface area contributed by atoms with E-state index in [9.17, 15) is 19.2 Å². The van der Waals surface area contributed by atoms with Gasteiger partial charge in [0.15, 0.2) is 5.78 Å². The number of ketones is 1. The number of hydrogen-bond acceptors (Lipinski definition) is 4. The van der Waals surface area contributed by atoms with Crippen LogP contribution >= 0.6 is 0 Å². The van der Waals surface area contributed by atoms with E-state index in [1.54, 1.807) is 38.1 Å². The molecule has 2 aromatic carbocycles. The molecule has 3 rings (SSSR count). The second-order valence-electron chi connectivity index (χ2n) is 7.54. The van der Waals surface area contributed by atoms with Crippen LogP contribution in [0.4, 0.5) is 10.5 Å². The number of anilines is 1. The summed E-state index contributed by atoms with van der Waals surface area (Å²) in [6.07, 6.45) is 1.43. The minimum Gasteiger partial charge on any atom is -0.326 e. The molecular formula is C23H25N3O4. The number of aryl methyl sites for hydroxylation is 1. The van der Waals surface area contributed by atoms with Crippen LogP contribution in [0.3, 0.4) is 0 Å². The number of imide groups is 1. The second-order valence-corrected chi connectivity index (χ2v) is 7.54. The lowest BCUT2D eigenvalue weighted by Crippen LogP contribution is -2.44. The summed E-state index contributed by atoms with van der Waals surface area (Å²) in [5.41, 5.74) is 0.983. The molecule has 156 valence electrons. The van der Waals surface area contributed by atoms with E-state index >= 15 is 0 Å². The molecule has 7 nitrogen and oxygen atoms in total. The number of Topliss-reactive ketones (excluding diaryl/α,β-unsaturated/α-hetero) is 1. The maximum atomic E-state index is 12.9. The minimum atomic E-state index is -1.04. The molecule has 1 aliphatic rings. The SMILES string of the molecule is CCC(=O)Nc1ccc(C(=O)CN2C(=O)N[C@@](C)(CCc3ccccc3)C2=O)cc1. The summed E-state index contributed by atoms with van der Waals surface area (Å²) in [5, 5.41) is 5.44. The van der Waals surface area contributed by atoms with E-state index in [0.717, 1.165) is 10.5 Å². The van der Waals surface area contributed by atoms with Crippen LogP contribution in [0.25, 0.3) is 0 Å². The first-order valence-electron chi connectivity index (χ1n) is 9.93. The summed E-state index contributed by atoms with van der Waals surface area (Å²) >= 11 is 0. The Hall–Kier alpha value is -3.48. The summed E-state index contributed by atoms with van der Waals surface area (Å²) in [7, 11) is 0. The van der Waals surface area contributed by atoms with Gasteiger partial charge >= 0.3 is 6.03 Å². The van der Waals surface area contributed by atoms with Crippen molar-refractivity contribution in [3.05, 3.63) is 65.7 Å². The minimum absolute atomic E-state index is 0.122. The number of nitrogens with zero attached hydrogens (tertiary/aromatic N) is 1. The Kier molecular flexibility index (Phi) is 6.30. The first-order valence-corrected chi connectivity index (χ1v) is 9.93. The predicted molar refractivity (Wildman–Crippen MR) is 113 cm³/mol. The van der Waals surface area contributed by atoms with Crippen molar-refractivity contribution in [1.29, 1.82) is 0 Å². The number of urea groups is 1. The Labute approximate surface area is 175 Å². The summed E-state index contributed by atoms with van der Waals surface area (Å²) in [6, 6.07) is 15.5. The molecule has 0 unspecified atom stereocenters. The lowest BCUT2D eigenvalue weighted by Gasteiger charge is -2.21. The molecule has 2 aromatic rings. The predicted octanol–water partition coefficient (Wildman–Crippen LogP) is 3.16. The van der Waals surface area contributed by atoms with Crippen LogP contribution in [-0.4, -0.2) is 40.6 Å². The summed E-state index contributed by atoms with van der Waals surface area (Å²) in [5.74, 6) is -0.869. The summed E-state index contributed by atoms with van der Waals surface area (Å²) in [6.45, 7) is 3.11. The molecule has 7 heteroatoms. The van der Waals surface area contributed by atoms with Crippen molar-refractivity contribution < 1.29 is 19.2 Å². The highest BCUT2D eigenvalue weighted by atomic mass is 16.2. The van der Waals surface area contributed by atoms with Crippen LogP contribution in [0.1, 0.15) is 42.6 Å². The van der Waals surface area contributed by atoms with E-state index in [-0.39, 0.29) is 18.2 Å². The van der Waals surface area contributed by atoms with Gasteiger partial charge < -0.3 is 10.6 Å². The van der Waals surface area contributed by atoms with Crippen molar-refractivity contribution in [1.82, 2.24) is 10.2 Å². The van der Waals surface area contributed by atoms with Gasteiger partial charge in [-0.15, -0.1) is 0 Å². The van der Waals surface area contributed by atoms with Crippen molar-refractivity contribution >= 4 is 29.3 Å². The lowest BCUT2D eigenvalue weighted by molar-refractivity contribution is -0.130. The van der Waals surface area contributed by atoms with Gasteiger partial charge in [-0.1, -0.05) is 37.3 Å². The van der Waals surface area contributed by atoms with Gasteiger partial charge in [0.2, 0.25) is 5.91 Å². The van der Waals surface area contributed by atoms with Crippen molar-refractivity contribution in [2.24, 2.45) is 0 Å². The fraction of sp³-hybridized carbons (Fsp3) is 0.304. The monoisotopic (exact) mass is 407 g/mol. The largest absolute Gasteiger partial charge is 0.326 e. The highest BCUT2D eigenvalue weighted by Gasteiger charge is 2.47. The van der Waals surface area contributed by atoms with Gasteiger partial charge in [-0.25, -0.2) is 4.79 Å². The van der Waals surface area contributed by atoms with Crippen molar-refractivity contribution in [2.75, 3.05) is 11.9 Å². The van der Waals surface area contributed by atoms with Gasteiger partial charge in [0.25, 0.3) is 5.91 Å². The molecule has 0 aromatic heterocycles. The Morgan fingerprint density at radius 1 is 1.03 bits per heavy atom. The van der Waals surface area contributed by atoms with Crippen molar-refractivity contribution in [3.63, 3.8) is 0 Å². The molecule has 30 heavy (non-hydrogen) atoms. The standard InChI is InChI=1S/C23H25N3O4/c1-3-20(28)24-18-11-9-17(10-12-18)19(27)15-26-21(29)23(2,25-22(26)30)14-13-16-7-5-4-6-8-16/h4-12H,3,13-15H2,1-2H3,(H,24,28)(H,25,30)/t23-/m0/s1. The molecule has 1 aliphatic heterocycles. The van der Waals surface area contributed by atoms with Crippen LogP contribution < -0.4 is 10.6 Å². The molecule has 1 heterocycles. The molecule has 0 radical (unpaired) electrons. The molecule has 0 spiro atoms. The van der Waals surface area contributed by atoms with Gasteiger partial charge in [-0.3, -0.25) is 19.3 Å².